The first-order valence-corrected chi connectivity index (χ1v) is 8.84. The number of aromatic nitrogens is 4. The van der Waals surface area contributed by atoms with Crippen LogP contribution in [-0.2, 0) is 4.74 Å². The predicted molar refractivity (Wildman–Crippen MR) is 99.7 cm³/mol. The highest BCUT2D eigenvalue weighted by atomic mass is 32.2. The number of methoxy groups -OCH3 is 1. The van der Waals surface area contributed by atoms with E-state index in [2.05, 4.69) is 15.2 Å². The molecule has 0 bridgehead atoms. The van der Waals surface area contributed by atoms with E-state index in [0.29, 0.717) is 16.4 Å². The molecular formula is C17H14N6O3S. The van der Waals surface area contributed by atoms with Gasteiger partial charge in [0.05, 0.1) is 24.0 Å². The molecule has 0 saturated carbocycles. The zero-order valence-electron chi connectivity index (χ0n) is 14.4. The average Bonchev–Trinajstić information content (AvgIpc) is 3.03. The Bertz CT molecular complexity index is 1130. The first-order valence-electron chi connectivity index (χ1n) is 7.61. The van der Waals surface area contributed by atoms with Crippen LogP contribution in [0.3, 0.4) is 0 Å². The standard InChI is InChI=1S/C17H14N6O3S/c1-26-16(25)14-12(19)9(7-18)8-23(14)11-6-4-3-5-10(11)13-15(24)20-17(27-2)22-21-13/h3-6,8H,19H2,1-2H3,(H,20,22,24). The number of ether oxygens (including phenoxy) is 1. The SMILES string of the molecule is COC(=O)c1c(N)c(C#N)cn1-c1ccccc1-c1nnc(SC)[nH]c1=O. The second kappa shape index (κ2) is 7.35. The molecule has 2 aromatic heterocycles. The smallest absolute Gasteiger partial charge is 0.357 e. The number of carbonyl (C=O) groups is 1. The van der Waals surface area contributed by atoms with Crippen molar-refractivity contribution in [1.29, 1.82) is 5.26 Å². The molecule has 3 rings (SSSR count). The summed E-state index contributed by atoms with van der Waals surface area (Å²) in [6.45, 7) is 0. The lowest BCUT2D eigenvalue weighted by Gasteiger charge is -2.12. The molecular weight excluding hydrogens is 368 g/mol. The van der Waals surface area contributed by atoms with Crippen LogP contribution >= 0.6 is 11.8 Å². The number of nitrogens with one attached hydrogen (secondary N) is 1. The van der Waals surface area contributed by atoms with Crippen LogP contribution < -0.4 is 11.3 Å². The predicted octanol–water partition coefficient (Wildman–Crippen LogP) is 1.58. The van der Waals surface area contributed by atoms with E-state index in [1.165, 1.54) is 29.6 Å². The number of H-pyrrole nitrogens is 1. The molecule has 0 amide bonds. The van der Waals surface area contributed by atoms with Gasteiger partial charge in [0.2, 0.25) is 0 Å². The van der Waals surface area contributed by atoms with Crippen molar-refractivity contribution < 1.29 is 9.53 Å². The lowest BCUT2D eigenvalue weighted by atomic mass is 10.1. The highest BCUT2D eigenvalue weighted by Crippen LogP contribution is 2.29. The van der Waals surface area contributed by atoms with E-state index in [1.807, 2.05) is 6.07 Å². The lowest BCUT2D eigenvalue weighted by molar-refractivity contribution is 0.0593. The van der Waals surface area contributed by atoms with Gasteiger partial charge in [0, 0.05) is 11.8 Å². The number of nitrogens with two attached hydrogens (primary N) is 1. The van der Waals surface area contributed by atoms with E-state index >= 15 is 0 Å². The number of nitriles is 1. The highest BCUT2D eigenvalue weighted by Gasteiger charge is 2.24. The van der Waals surface area contributed by atoms with Crippen molar-refractivity contribution in [1.82, 2.24) is 19.7 Å². The summed E-state index contributed by atoms with van der Waals surface area (Å²) < 4.78 is 6.20. The van der Waals surface area contributed by atoms with E-state index in [0.717, 1.165) is 0 Å². The van der Waals surface area contributed by atoms with Crippen molar-refractivity contribution in [3.8, 4) is 23.0 Å². The Balaban J connectivity index is 2.29. The largest absolute Gasteiger partial charge is 0.464 e. The molecule has 0 fully saturated rings. The van der Waals surface area contributed by atoms with Gasteiger partial charge in [-0.05, 0) is 12.3 Å². The Morgan fingerprint density at radius 2 is 2.11 bits per heavy atom. The van der Waals surface area contributed by atoms with Gasteiger partial charge in [-0.3, -0.25) is 9.78 Å². The number of para-hydroxylation sites is 1. The van der Waals surface area contributed by atoms with Crippen molar-refractivity contribution in [3.05, 3.63) is 52.1 Å². The van der Waals surface area contributed by atoms with Gasteiger partial charge in [0.1, 0.15) is 6.07 Å². The molecule has 0 atom stereocenters. The summed E-state index contributed by atoms with van der Waals surface area (Å²) >= 11 is 1.26. The van der Waals surface area contributed by atoms with Crippen molar-refractivity contribution in [3.63, 3.8) is 0 Å². The fourth-order valence-electron chi connectivity index (χ4n) is 2.58. The molecule has 136 valence electrons. The number of carbonyl (C=O) groups excluding carboxylic acids is 1. The minimum atomic E-state index is -0.707. The molecule has 0 spiro atoms. The summed E-state index contributed by atoms with van der Waals surface area (Å²) in [5.74, 6) is -0.707. The number of thioether (sulfide) groups is 1. The van der Waals surface area contributed by atoms with E-state index < -0.39 is 11.5 Å². The van der Waals surface area contributed by atoms with Gasteiger partial charge < -0.3 is 15.0 Å². The third kappa shape index (κ3) is 3.16. The minimum absolute atomic E-state index is 0.00289. The molecule has 0 radical (unpaired) electrons. The summed E-state index contributed by atoms with van der Waals surface area (Å²) in [5.41, 5.74) is 6.54. The quantitative estimate of drug-likeness (QED) is 0.512. The van der Waals surface area contributed by atoms with E-state index in [-0.39, 0.29) is 22.6 Å². The normalized spacial score (nSPS) is 10.4. The fourth-order valence-corrected chi connectivity index (χ4v) is 2.90. The molecule has 0 aliphatic rings. The number of rotatable bonds is 4. The van der Waals surface area contributed by atoms with Gasteiger partial charge in [-0.1, -0.05) is 30.0 Å². The van der Waals surface area contributed by atoms with Crippen molar-refractivity contribution >= 4 is 23.4 Å². The first-order chi connectivity index (χ1) is 13.0. The molecule has 27 heavy (non-hydrogen) atoms. The third-order valence-electron chi connectivity index (χ3n) is 3.83. The number of hydrogen-bond acceptors (Lipinski definition) is 8. The van der Waals surface area contributed by atoms with E-state index in [9.17, 15) is 14.9 Å². The van der Waals surface area contributed by atoms with Gasteiger partial charge in [0.25, 0.3) is 5.56 Å². The topological polar surface area (TPSA) is 140 Å². The van der Waals surface area contributed by atoms with Crippen LogP contribution in [0, 0.1) is 11.3 Å². The summed E-state index contributed by atoms with van der Waals surface area (Å²) in [7, 11) is 1.22. The summed E-state index contributed by atoms with van der Waals surface area (Å²) in [5, 5.41) is 17.6. The molecule has 2 heterocycles. The molecule has 3 N–H and O–H groups in total. The number of nitrogen functional groups attached to an aromatic ring is 1. The van der Waals surface area contributed by atoms with Crippen LogP contribution in [-0.4, -0.2) is 39.1 Å². The number of nitrogens with zero attached hydrogens (tertiary/aromatic N) is 4. The van der Waals surface area contributed by atoms with Crippen molar-refractivity contribution in [2.24, 2.45) is 0 Å². The molecule has 10 heteroatoms. The van der Waals surface area contributed by atoms with Gasteiger partial charge in [0.15, 0.2) is 16.5 Å². The van der Waals surface area contributed by atoms with Crippen LogP contribution in [0.5, 0.6) is 0 Å². The lowest BCUT2D eigenvalue weighted by Crippen LogP contribution is -2.16. The maximum Gasteiger partial charge on any atom is 0.357 e. The third-order valence-corrected chi connectivity index (χ3v) is 4.40. The zero-order valence-corrected chi connectivity index (χ0v) is 15.2. The number of anilines is 1. The van der Waals surface area contributed by atoms with Gasteiger partial charge in [-0.2, -0.15) is 5.26 Å². The average molecular weight is 382 g/mol. The van der Waals surface area contributed by atoms with Crippen LogP contribution in [0.4, 0.5) is 5.69 Å². The van der Waals surface area contributed by atoms with Gasteiger partial charge >= 0.3 is 5.97 Å². The van der Waals surface area contributed by atoms with E-state index in [4.69, 9.17) is 10.5 Å². The molecule has 0 aliphatic heterocycles. The van der Waals surface area contributed by atoms with Crippen LogP contribution in [0.25, 0.3) is 16.9 Å². The molecule has 9 nitrogen and oxygen atoms in total. The fraction of sp³-hybridized carbons (Fsp3) is 0.118. The maximum absolute atomic E-state index is 12.4. The van der Waals surface area contributed by atoms with Gasteiger partial charge in [-0.15, -0.1) is 10.2 Å². The number of hydrogen-bond donors (Lipinski definition) is 2. The summed E-state index contributed by atoms with van der Waals surface area (Å²) in [6, 6.07) is 8.72. The first kappa shape index (κ1) is 18.2. The second-order valence-corrected chi connectivity index (χ2v) is 6.10. The Kier molecular flexibility index (Phi) is 4.96. The van der Waals surface area contributed by atoms with Crippen LogP contribution in [0.2, 0.25) is 0 Å². The Labute approximate surface area is 157 Å². The molecule has 0 unspecified atom stereocenters. The van der Waals surface area contributed by atoms with Gasteiger partial charge in [-0.25, -0.2) is 4.79 Å². The molecule has 3 aromatic rings. The summed E-state index contributed by atoms with van der Waals surface area (Å²) in [6.07, 6.45) is 3.18. The number of esters is 1. The minimum Gasteiger partial charge on any atom is -0.464 e. The van der Waals surface area contributed by atoms with E-state index in [1.54, 1.807) is 30.5 Å². The summed E-state index contributed by atoms with van der Waals surface area (Å²) in [4.78, 5) is 27.3. The van der Waals surface area contributed by atoms with Crippen LogP contribution in [0.1, 0.15) is 16.1 Å². The monoisotopic (exact) mass is 382 g/mol. The zero-order chi connectivity index (χ0) is 19.6. The second-order valence-electron chi connectivity index (χ2n) is 5.31. The van der Waals surface area contributed by atoms with Crippen molar-refractivity contribution in [2.75, 3.05) is 19.1 Å². The Morgan fingerprint density at radius 1 is 1.37 bits per heavy atom. The molecule has 1 aromatic carbocycles. The number of benzene rings is 1. The number of aromatic amines is 1. The Hall–Kier alpha value is -3.58. The highest BCUT2D eigenvalue weighted by molar-refractivity contribution is 7.98. The maximum atomic E-state index is 12.4. The molecule has 0 aliphatic carbocycles. The van der Waals surface area contributed by atoms with Crippen molar-refractivity contribution in [2.45, 2.75) is 5.16 Å². The van der Waals surface area contributed by atoms with Crippen LogP contribution in [0.15, 0.2) is 40.4 Å². The molecule has 0 saturated heterocycles. The Morgan fingerprint density at radius 3 is 2.74 bits per heavy atom.